The molecule has 1 aliphatic heterocycles. The molecule has 3 aromatic rings. The second kappa shape index (κ2) is 9.18. The van der Waals surface area contributed by atoms with Gasteiger partial charge >= 0.3 is 0 Å². The van der Waals surface area contributed by atoms with Gasteiger partial charge in [0.25, 0.3) is 17.0 Å². The minimum Gasteiger partial charge on any atom is -0.411 e. The molecule has 2 heterocycles. The minimum atomic E-state index is -3.70. The van der Waals surface area contributed by atoms with Crippen molar-refractivity contribution in [3.63, 3.8) is 0 Å². The number of carbonyl (C=O) groups is 1. The Kier molecular flexibility index (Phi) is 6.37. The van der Waals surface area contributed by atoms with Crippen LogP contribution in [0.3, 0.4) is 0 Å². The van der Waals surface area contributed by atoms with E-state index in [1.807, 2.05) is 6.26 Å². The number of carbonyl (C=O) groups excluding carboxylic acids is 1. The van der Waals surface area contributed by atoms with Gasteiger partial charge < -0.3 is 14.5 Å². The summed E-state index contributed by atoms with van der Waals surface area (Å²) in [5.74, 6) is -0.167. The fourth-order valence-electron chi connectivity index (χ4n) is 3.11. The smallest absolute Gasteiger partial charge is 0.276 e. The summed E-state index contributed by atoms with van der Waals surface area (Å²) in [4.78, 5) is 13.0. The lowest BCUT2D eigenvalue weighted by atomic mass is 10.1. The van der Waals surface area contributed by atoms with Gasteiger partial charge in [0.2, 0.25) is 10.0 Å². The molecule has 2 aromatic carbocycles. The highest BCUT2D eigenvalue weighted by molar-refractivity contribution is 7.98. The fraction of sp³-hybridized carbons (Fsp3) is 0.250. The quantitative estimate of drug-likeness (QED) is 0.559. The van der Waals surface area contributed by atoms with E-state index in [9.17, 15) is 13.2 Å². The summed E-state index contributed by atoms with van der Waals surface area (Å²) in [7, 11) is -3.70. The number of hydrogen-bond acceptors (Lipinski definition) is 8. The molecular formula is C20H20N4O5S2. The van der Waals surface area contributed by atoms with Crippen LogP contribution in [0.5, 0.6) is 0 Å². The van der Waals surface area contributed by atoms with Crippen LogP contribution in [0.1, 0.15) is 10.4 Å². The highest BCUT2D eigenvalue weighted by atomic mass is 32.2. The molecule has 1 aliphatic rings. The Morgan fingerprint density at radius 1 is 1.10 bits per heavy atom. The van der Waals surface area contributed by atoms with Crippen molar-refractivity contribution >= 4 is 33.4 Å². The predicted octanol–water partition coefficient (Wildman–Crippen LogP) is 2.73. The number of anilines is 1. The molecule has 162 valence electrons. The number of aromatic nitrogens is 2. The van der Waals surface area contributed by atoms with Crippen molar-refractivity contribution in [1.29, 1.82) is 0 Å². The van der Waals surface area contributed by atoms with Crippen LogP contribution in [0.4, 0.5) is 5.69 Å². The van der Waals surface area contributed by atoms with Gasteiger partial charge in [-0.2, -0.15) is 4.31 Å². The van der Waals surface area contributed by atoms with Crippen LogP contribution in [-0.2, 0) is 14.8 Å². The third-order valence-electron chi connectivity index (χ3n) is 4.69. The Labute approximate surface area is 183 Å². The zero-order valence-corrected chi connectivity index (χ0v) is 18.3. The first-order chi connectivity index (χ1) is 15.0. The summed E-state index contributed by atoms with van der Waals surface area (Å²) in [6.07, 6.45) is 1.82. The molecule has 0 atom stereocenters. The first kappa shape index (κ1) is 21.5. The number of ether oxygens (including phenoxy) is 1. The van der Waals surface area contributed by atoms with Crippen molar-refractivity contribution in [2.45, 2.75) is 10.1 Å². The average Bonchev–Trinajstić information content (AvgIpc) is 3.29. The molecule has 1 amide bonds. The minimum absolute atomic E-state index is 0.0665. The Morgan fingerprint density at radius 3 is 2.61 bits per heavy atom. The number of benzene rings is 2. The van der Waals surface area contributed by atoms with Crippen molar-refractivity contribution in [3.05, 3.63) is 54.1 Å². The number of amides is 1. The van der Waals surface area contributed by atoms with E-state index in [1.54, 1.807) is 36.4 Å². The average molecular weight is 461 g/mol. The number of morpholine rings is 1. The van der Waals surface area contributed by atoms with E-state index < -0.39 is 15.9 Å². The van der Waals surface area contributed by atoms with Crippen LogP contribution in [-0.4, -0.2) is 61.4 Å². The van der Waals surface area contributed by atoms with E-state index in [0.29, 0.717) is 29.7 Å². The molecule has 1 saturated heterocycles. The molecule has 0 bridgehead atoms. The van der Waals surface area contributed by atoms with Gasteiger partial charge in [-0.3, -0.25) is 4.79 Å². The van der Waals surface area contributed by atoms with Crippen LogP contribution in [0.25, 0.3) is 11.5 Å². The third-order valence-corrected chi connectivity index (χ3v) is 7.10. The number of sulfonamides is 1. The van der Waals surface area contributed by atoms with E-state index in [2.05, 4.69) is 15.5 Å². The molecule has 0 unspecified atom stereocenters. The van der Waals surface area contributed by atoms with Gasteiger partial charge in [0.05, 0.1) is 29.4 Å². The maximum absolute atomic E-state index is 12.9. The van der Waals surface area contributed by atoms with Crippen molar-refractivity contribution < 1.29 is 22.4 Å². The number of nitrogens with one attached hydrogen (secondary N) is 1. The molecule has 4 rings (SSSR count). The Hall–Kier alpha value is -2.73. The molecule has 1 aromatic heterocycles. The summed E-state index contributed by atoms with van der Waals surface area (Å²) in [5.41, 5.74) is 1.27. The first-order valence-electron chi connectivity index (χ1n) is 9.45. The van der Waals surface area contributed by atoms with Gasteiger partial charge in [-0.1, -0.05) is 30.0 Å². The molecule has 11 heteroatoms. The van der Waals surface area contributed by atoms with Gasteiger partial charge in [-0.25, -0.2) is 8.42 Å². The molecular weight excluding hydrogens is 440 g/mol. The van der Waals surface area contributed by atoms with E-state index in [1.165, 1.54) is 28.2 Å². The van der Waals surface area contributed by atoms with Crippen molar-refractivity contribution in [1.82, 2.24) is 14.5 Å². The van der Waals surface area contributed by atoms with Gasteiger partial charge in [-0.15, -0.1) is 10.2 Å². The van der Waals surface area contributed by atoms with Gasteiger partial charge in [0.15, 0.2) is 0 Å². The van der Waals surface area contributed by atoms with Crippen LogP contribution in [0.2, 0.25) is 0 Å². The molecule has 1 fully saturated rings. The normalized spacial score (nSPS) is 15.0. The highest BCUT2D eigenvalue weighted by Gasteiger charge is 2.27. The second-order valence-corrected chi connectivity index (χ2v) is 9.32. The first-order valence-corrected chi connectivity index (χ1v) is 12.1. The molecule has 0 saturated carbocycles. The second-order valence-electron chi connectivity index (χ2n) is 6.62. The van der Waals surface area contributed by atoms with Gasteiger partial charge in [-0.05, 0) is 36.6 Å². The Bertz CT molecular complexity index is 1190. The zero-order valence-electron chi connectivity index (χ0n) is 16.6. The Balaban J connectivity index is 1.58. The maximum Gasteiger partial charge on any atom is 0.276 e. The molecule has 0 radical (unpaired) electrons. The van der Waals surface area contributed by atoms with Crippen molar-refractivity contribution in [2.75, 3.05) is 37.9 Å². The fourth-order valence-corrected chi connectivity index (χ4v) is 4.85. The predicted molar refractivity (Wildman–Crippen MR) is 115 cm³/mol. The van der Waals surface area contributed by atoms with E-state index in [4.69, 9.17) is 9.15 Å². The maximum atomic E-state index is 12.9. The SMILES string of the molecule is CSc1nnc(-c2ccccc2NC(=O)c2cccc(S(=O)(=O)N3CCOCC3)c2)o1. The summed E-state index contributed by atoms with van der Waals surface area (Å²) in [6.45, 7) is 1.27. The lowest BCUT2D eigenvalue weighted by Gasteiger charge is -2.26. The summed E-state index contributed by atoms with van der Waals surface area (Å²) in [5, 5.41) is 11.2. The van der Waals surface area contributed by atoms with Crippen LogP contribution >= 0.6 is 11.8 Å². The van der Waals surface area contributed by atoms with Crippen LogP contribution in [0.15, 0.2) is 63.1 Å². The van der Waals surface area contributed by atoms with Crippen molar-refractivity contribution in [3.8, 4) is 11.5 Å². The van der Waals surface area contributed by atoms with E-state index in [-0.39, 0.29) is 29.4 Å². The summed E-state index contributed by atoms with van der Waals surface area (Å²) < 4.78 is 38.0. The number of rotatable bonds is 6. The van der Waals surface area contributed by atoms with E-state index in [0.717, 1.165) is 0 Å². The third kappa shape index (κ3) is 4.64. The van der Waals surface area contributed by atoms with Crippen molar-refractivity contribution in [2.24, 2.45) is 0 Å². The van der Waals surface area contributed by atoms with Crippen LogP contribution in [0, 0.1) is 0 Å². The molecule has 1 N–H and O–H groups in total. The van der Waals surface area contributed by atoms with E-state index >= 15 is 0 Å². The largest absolute Gasteiger partial charge is 0.411 e. The summed E-state index contributed by atoms with van der Waals surface area (Å²) >= 11 is 1.32. The number of thioether (sulfide) groups is 1. The lowest BCUT2D eigenvalue weighted by Crippen LogP contribution is -2.40. The van der Waals surface area contributed by atoms with Gasteiger partial charge in [0, 0.05) is 18.7 Å². The summed E-state index contributed by atoms with van der Waals surface area (Å²) in [6, 6.07) is 13.0. The molecule has 0 aliphatic carbocycles. The highest BCUT2D eigenvalue weighted by Crippen LogP contribution is 2.29. The Morgan fingerprint density at radius 2 is 1.87 bits per heavy atom. The van der Waals surface area contributed by atoms with Gasteiger partial charge in [0.1, 0.15) is 0 Å². The molecule has 9 nitrogen and oxygen atoms in total. The standard InChI is InChI=1S/C20H20N4O5S2/c1-30-20-23-22-19(29-20)16-7-2-3-8-17(16)21-18(25)14-5-4-6-15(13-14)31(26,27)24-9-11-28-12-10-24/h2-8,13H,9-12H2,1H3,(H,21,25). The number of para-hydroxylation sites is 1. The topological polar surface area (TPSA) is 115 Å². The molecule has 0 spiro atoms. The monoisotopic (exact) mass is 460 g/mol. The lowest BCUT2D eigenvalue weighted by molar-refractivity contribution is 0.0730. The molecule has 31 heavy (non-hydrogen) atoms. The number of hydrogen-bond donors (Lipinski definition) is 1. The van der Waals surface area contributed by atoms with Crippen LogP contribution < -0.4 is 5.32 Å². The zero-order chi connectivity index (χ0) is 21.8. The number of nitrogens with zero attached hydrogens (tertiary/aromatic N) is 3.